The standard InChI is InChI=1S/C22H27N3O3S/c1-15-8-7-11-18(16(15)2)24-20(26)14-23-22(28)19(12-13-29-3)25-21(27)17-9-5-4-6-10-17/h4-11,19H,12-14H2,1-3H3,(H,23,28)(H,24,26)(H,25,27)/t19-/m0/s1. The van der Waals surface area contributed by atoms with E-state index in [-0.39, 0.29) is 24.3 Å². The number of benzene rings is 2. The second-order valence-corrected chi connectivity index (χ2v) is 7.67. The van der Waals surface area contributed by atoms with E-state index >= 15 is 0 Å². The van der Waals surface area contributed by atoms with Gasteiger partial charge in [0.15, 0.2) is 0 Å². The predicted molar refractivity (Wildman–Crippen MR) is 118 cm³/mol. The van der Waals surface area contributed by atoms with Crippen LogP contribution in [0.5, 0.6) is 0 Å². The van der Waals surface area contributed by atoms with Crippen molar-refractivity contribution in [2.24, 2.45) is 0 Å². The molecule has 29 heavy (non-hydrogen) atoms. The van der Waals surface area contributed by atoms with Gasteiger partial charge in [-0.15, -0.1) is 0 Å². The fraction of sp³-hybridized carbons (Fsp3) is 0.318. The first-order valence-corrected chi connectivity index (χ1v) is 10.8. The number of anilines is 1. The van der Waals surface area contributed by atoms with Crippen LogP contribution in [0.2, 0.25) is 0 Å². The van der Waals surface area contributed by atoms with Crippen molar-refractivity contribution in [3.8, 4) is 0 Å². The summed E-state index contributed by atoms with van der Waals surface area (Å²) >= 11 is 1.59. The number of thioether (sulfide) groups is 1. The average molecular weight is 414 g/mol. The van der Waals surface area contributed by atoms with Gasteiger partial charge in [0.1, 0.15) is 6.04 Å². The molecule has 2 rings (SSSR count). The van der Waals surface area contributed by atoms with Crippen molar-refractivity contribution in [1.82, 2.24) is 10.6 Å². The van der Waals surface area contributed by atoms with Crippen molar-refractivity contribution < 1.29 is 14.4 Å². The SMILES string of the molecule is CSCC[C@H](NC(=O)c1ccccc1)C(=O)NCC(=O)Nc1cccc(C)c1C. The summed E-state index contributed by atoms with van der Waals surface area (Å²) in [5.41, 5.74) is 3.27. The lowest BCUT2D eigenvalue weighted by Crippen LogP contribution is -2.48. The number of hydrogen-bond donors (Lipinski definition) is 3. The minimum Gasteiger partial charge on any atom is -0.345 e. The number of hydrogen-bond acceptors (Lipinski definition) is 4. The van der Waals surface area contributed by atoms with E-state index in [1.807, 2.05) is 44.4 Å². The smallest absolute Gasteiger partial charge is 0.251 e. The second kappa shape index (κ2) is 11.3. The molecule has 6 nitrogen and oxygen atoms in total. The highest BCUT2D eigenvalue weighted by Gasteiger charge is 2.21. The Morgan fingerprint density at radius 3 is 2.41 bits per heavy atom. The summed E-state index contributed by atoms with van der Waals surface area (Å²) < 4.78 is 0. The minimum atomic E-state index is -0.705. The van der Waals surface area contributed by atoms with E-state index in [1.54, 1.807) is 36.0 Å². The largest absolute Gasteiger partial charge is 0.345 e. The molecular formula is C22H27N3O3S. The lowest BCUT2D eigenvalue weighted by Gasteiger charge is -2.18. The highest BCUT2D eigenvalue weighted by atomic mass is 32.2. The van der Waals surface area contributed by atoms with Crippen LogP contribution in [0.4, 0.5) is 5.69 Å². The molecule has 0 unspecified atom stereocenters. The number of carbonyl (C=O) groups excluding carboxylic acids is 3. The number of amides is 3. The molecule has 0 aliphatic rings. The summed E-state index contributed by atoms with van der Waals surface area (Å²) in [6.07, 6.45) is 2.41. The number of aryl methyl sites for hydroxylation is 1. The summed E-state index contributed by atoms with van der Waals surface area (Å²) in [5, 5.41) is 8.20. The van der Waals surface area contributed by atoms with Gasteiger partial charge < -0.3 is 16.0 Å². The van der Waals surface area contributed by atoms with Gasteiger partial charge in [-0.05, 0) is 61.6 Å². The van der Waals surface area contributed by atoms with E-state index in [0.717, 1.165) is 16.8 Å². The molecule has 0 saturated carbocycles. The molecule has 3 N–H and O–H groups in total. The lowest BCUT2D eigenvalue weighted by molar-refractivity contribution is -0.125. The van der Waals surface area contributed by atoms with Crippen LogP contribution in [-0.2, 0) is 9.59 Å². The van der Waals surface area contributed by atoms with E-state index < -0.39 is 6.04 Å². The van der Waals surface area contributed by atoms with Crippen LogP contribution < -0.4 is 16.0 Å². The molecule has 0 spiro atoms. The zero-order chi connectivity index (χ0) is 21.2. The van der Waals surface area contributed by atoms with Crippen molar-refractivity contribution in [3.05, 3.63) is 65.2 Å². The average Bonchev–Trinajstić information content (AvgIpc) is 2.73. The summed E-state index contributed by atoms with van der Waals surface area (Å²) in [6.45, 7) is 3.74. The maximum Gasteiger partial charge on any atom is 0.251 e. The molecule has 154 valence electrons. The molecular weight excluding hydrogens is 386 g/mol. The molecule has 0 bridgehead atoms. The van der Waals surface area contributed by atoms with E-state index in [0.29, 0.717) is 17.7 Å². The quantitative estimate of drug-likeness (QED) is 0.590. The van der Waals surface area contributed by atoms with E-state index in [4.69, 9.17) is 0 Å². The van der Waals surface area contributed by atoms with Gasteiger partial charge in [-0.1, -0.05) is 30.3 Å². The van der Waals surface area contributed by atoms with Crippen LogP contribution in [0.25, 0.3) is 0 Å². The maximum absolute atomic E-state index is 12.6. The van der Waals surface area contributed by atoms with Crippen molar-refractivity contribution in [3.63, 3.8) is 0 Å². The molecule has 0 heterocycles. The molecule has 3 amide bonds. The topological polar surface area (TPSA) is 87.3 Å². The van der Waals surface area contributed by atoms with Gasteiger partial charge >= 0.3 is 0 Å². The van der Waals surface area contributed by atoms with Crippen LogP contribution in [0.15, 0.2) is 48.5 Å². The third-order valence-corrected chi connectivity index (χ3v) is 5.21. The van der Waals surface area contributed by atoms with Gasteiger partial charge in [-0.2, -0.15) is 11.8 Å². The van der Waals surface area contributed by atoms with Gasteiger partial charge in [-0.25, -0.2) is 0 Å². The Labute approximate surface area is 175 Å². The summed E-state index contributed by atoms with van der Waals surface area (Å²) in [4.78, 5) is 37.2. The van der Waals surface area contributed by atoms with E-state index in [9.17, 15) is 14.4 Å². The molecule has 0 aliphatic heterocycles. The van der Waals surface area contributed by atoms with Crippen molar-refractivity contribution in [1.29, 1.82) is 0 Å². The Kier molecular flexibility index (Phi) is 8.73. The van der Waals surface area contributed by atoms with E-state index in [1.165, 1.54) is 0 Å². The van der Waals surface area contributed by atoms with Crippen LogP contribution in [0, 0.1) is 13.8 Å². The Morgan fingerprint density at radius 2 is 1.72 bits per heavy atom. The van der Waals surface area contributed by atoms with Gasteiger partial charge in [0.25, 0.3) is 5.91 Å². The Bertz CT molecular complexity index is 856. The van der Waals surface area contributed by atoms with Gasteiger partial charge in [-0.3, -0.25) is 14.4 Å². The van der Waals surface area contributed by atoms with Gasteiger partial charge in [0.2, 0.25) is 11.8 Å². The number of nitrogens with one attached hydrogen (secondary N) is 3. The third-order valence-electron chi connectivity index (χ3n) is 4.57. The molecule has 0 fully saturated rings. The molecule has 0 saturated heterocycles. The van der Waals surface area contributed by atoms with Crippen molar-refractivity contribution in [2.75, 3.05) is 23.9 Å². The zero-order valence-electron chi connectivity index (χ0n) is 17.0. The normalized spacial score (nSPS) is 11.4. The first-order valence-electron chi connectivity index (χ1n) is 9.41. The lowest BCUT2D eigenvalue weighted by atomic mass is 10.1. The zero-order valence-corrected chi connectivity index (χ0v) is 17.8. The molecule has 0 radical (unpaired) electrons. The van der Waals surface area contributed by atoms with Gasteiger partial charge in [0.05, 0.1) is 6.54 Å². The molecule has 7 heteroatoms. The van der Waals surface area contributed by atoms with Gasteiger partial charge in [0, 0.05) is 11.3 Å². The molecule has 0 aliphatic carbocycles. The monoisotopic (exact) mass is 413 g/mol. The van der Waals surface area contributed by atoms with Crippen LogP contribution in [0.3, 0.4) is 0 Å². The summed E-state index contributed by atoms with van der Waals surface area (Å²) in [5.74, 6) is -0.293. The van der Waals surface area contributed by atoms with Crippen molar-refractivity contribution in [2.45, 2.75) is 26.3 Å². The molecule has 1 atom stereocenters. The molecule has 0 aromatic heterocycles. The predicted octanol–water partition coefficient (Wildman–Crippen LogP) is 2.91. The van der Waals surface area contributed by atoms with Crippen LogP contribution in [-0.4, -0.2) is 42.3 Å². The van der Waals surface area contributed by atoms with Crippen molar-refractivity contribution >= 4 is 35.2 Å². The molecule has 2 aromatic rings. The second-order valence-electron chi connectivity index (χ2n) is 6.69. The first-order chi connectivity index (χ1) is 13.9. The Morgan fingerprint density at radius 1 is 1.00 bits per heavy atom. The fourth-order valence-corrected chi connectivity index (χ4v) is 3.18. The van der Waals surface area contributed by atoms with Crippen LogP contribution >= 0.6 is 11.8 Å². The third kappa shape index (κ3) is 6.94. The Balaban J connectivity index is 1.93. The van der Waals surface area contributed by atoms with E-state index in [2.05, 4.69) is 16.0 Å². The number of rotatable bonds is 9. The minimum absolute atomic E-state index is 0.164. The first kappa shape index (κ1) is 22.5. The fourth-order valence-electron chi connectivity index (χ4n) is 2.71. The Hall–Kier alpha value is -2.80. The molecule has 2 aromatic carbocycles. The van der Waals surface area contributed by atoms with Crippen LogP contribution in [0.1, 0.15) is 27.9 Å². The number of carbonyl (C=O) groups is 3. The summed E-state index contributed by atoms with van der Waals surface area (Å²) in [7, 11) is 0. The summed E-state index contributed by atoms with van der Waals surface area (Å²) in [6, 6.07) is 13.7. The highest BCUT2D eigenvalue weighted by Crippen LogP contribution is 2.17. The highest BCUT2D eigenvalue weighted by molar-refractivity contribution is 7.98. The maximum atomic E-state index is 12.6.